The Balaban J connectivity index is 1.77. The van der Waals surface area contributed by atoms with Gasteiger partial charge in [-0.1, -0.05) is 18.2 Å². The first-order valence-electron chi connectivity index (χ1n) is 10.5. The zero-order chi connectivity index (χ0) is 21.6. The number of hydrogen-bond donors (Lipinski definition) is 1. The Hall–Kier alpha value is -2.53. The number of methoxy groups -OCH3 is 1. The van der Waals surface area contributed by atoms with Crippen LogP contribution in [-0.4, -0.2) is 30.4 Å². The first-order chi connectivity index (χ1) is 14.3. The molecule has 30 heavy (non-hydrogen) atoms. The lowest BCUT2D eigenvalue weighted by Crippen LogP contribution is -2.50. The fourth-order valence-corrected chi connectivity index (χ4v) is 5.42. The number of carbonyl (C=O) groups is 2. The van der Waals surface area contributed by atoms with Gasteiger partial charge in [-0.2, -0.15) is 0 Å². The molecule has 1 N–H and O–H groups in total. The van der Waals surface area contributed by atoms with Crippen LogP contribution in [-0.2, 0) is 14.3 Å². The molecule has 2 aromatic carbocycles. The first-order valence-corrected chi connectivity index (χ1v) is 10.5. The quantitative estimate of drug-likeness (QED) is 0.758. The van der Waals surface area contributed by atoms with Crippen LogP contribution in [0.3, 0.4) is 0 Å². The first kappa shape index (κ1) is 20.7. The van der Waals surface area contributed by atoms with Gasteiger partial charge >= 0.3 is 0 Å². The molecular formula is C25H28FNO3. The summed E-state index contributed by atoms with van der Waals surface area (Å²) < 4.78 is 18.9. The average molecular weight is 410 g/mol. The fraction of sp³-hybridized carbons (Fsp3) is 0.440. The topological polar surface area (TPSA) is 55.4 Å². The van der Waals surface area contributed by atoms with E-state index in [9.17, 15) is 14.0 Å². The van der Waals surface area contributed by atoms with Crippen molar-refractivity contribution in [1.82, 2.24) is 5.32 Å². The van der Waals surface area contributed by atoms with E-state index in [1.165, 1.54) is 12.1 Å². The molecule has 5 heteroatoms. The summed E-state index contributed by atoms with van der Waals surface area (Å²) in [7, 11) is 1.69. The molecule has 4 rings (SSSR count). The minimum Gasteiger partial charge on any atom is -0.381 e. The largest absolute Gasteiger partial charge is 0.381 e. The molecule has 1 spiro atoms. The zero-order valence-electron chi connectivity index (χ0n) is 18.0. The molecule has 2 aliphatic rings. The number of halogens is 1. The van der Waals surface area contributed by atoms with Crippen molar-refractivity contribution in [2.75, 3.05) is 7.11 Å². The third-order valence-electron chi connectivity index (χ3n) is 6.93. The number of benzene rings is 2. The Morgan fingerprint density at radius 3 is 2.27 bits per heavy atom. The number of Topliss-reactive ketones (excluding diaryl/α,β-unsaturated/α-hetero) is 1. The van der Waals surface area contributed by atoms with Gasteiger partial charge < -0.3 is 10.1 Å². The summed E-state index contributed by atoms with van der Waals surface area (Å²) in [6.45, 7) is 5.92. The summed E-state index contributed by atoms with van der Waals surface area (Å²) in [5.74, 6) is -1.33. The van der Waals surface area contributed by atoms with Gasteiger partial charge in [-0.05, 0) is 92.0 Å². The molecule has 2 aromatic rings. The molecule has 1 atom stereocenters. The number of nitrogens with one attached hydrogen (secondary N) is 1. The third kappa shape index (κ3) is 3.25. The van der Waals surface area contributed by atoms with Crippen molar-refractivity contribution in [3.05, 3.63) is 58.4 Å². The van der Waals surface area contributed by atoms with Gasteiger partial charge in [-0.15, -0.1) is 0 Å². The van der Waals surface area contributed by atoms with Crippen LogP contribution in [0.2, 0.25) is 0 Å². The lowest BCUT2D eigenvalue weighted by Gasteiger charge is -2.35. The lowest BCUT2D eigenvalue weighted by atomic mass is 9.74. The Morgan fingerprint density at radius 2 is 1.67 bits per heavy atom. The second-order valence-corrected chi connectivity index (χ2v) is 8.73. The van der Waals surface area contributed by atoms with Gasteiger partial charge in [0.05, 0.1) is 11.6 Å². The molecule has 0 aromatic heterocycles. The smallest absolute Gasteiger partial charge is 0.235 e. The summed E-state index contributed by atoms with van der Waals surface area (Å²) in [5, 5.41) is 3.05. The molecule has 1 heterocycles. The normalized spacial score (nSPS) is 26.3. The van der Waals surface area contributed by atoms with E-state index in [-0.39, 0.29) is 23.6 Å². The van der Waals surface area contributed by atoms with Crippen LogP contribution in [0.15, 0.2) is 30.3 Å². The highest BCUT2D eigenvalue weighted by atomic mass is 19.1. The summed E-state index contributed by atoms with van der Waals surface area (Å²) in [4.78, 5) is 26.7. The highest BCUT2D eigenvalue weighted by Gasteiger charge is 2.54. The van der Waals surface area contributed by atoms with Crippen LogP contribution in [0.25, 0.3) is 11.1 Å². The van der Waals surface area contributed by atoms with Crippen molar-refractivity contribution >= 4 is 11.7 Å². The summed E-state index contributed by atoms with van der Waals surface area (Å²) in [6.07, 6.45) is 2.90. The number of rotatable bonds is 3. The molecular weight excluding hydrogens is 381 g/mol. The second kappa shape index (κ2) is 7.62. The standard InChI is InChI=1S/C25H28FNO3/c1-14-13-15(2)21(16(3)20(14)17-5-7-18(26)8-6-17)22-23(28)25(27-24(22)29)11-9-19(30-4)10-12-25/h5-8,13,19,22H,9-12H2,1-4H3,(H,27,29). The molecule has 1 saturated carbocycles. The molecule has 1 aliphatic heterocycles. The Morgan fingerprint density at radius 1 is 1.03 bits per heavy atom. The van der Waals surface area contributed by atoms with E-state index in [1.54, 1.807) is 19.2 Å². The van der Waals surface area contributed by atoms with Gasteiger partial charge in [0.15, 0.2) is 5.78 Å². The van der Waals surface area contributed by atoms with E-state index in [2.05, 4.69) is 5.32 Å². The Labute approximate surface area is 176 Å². The number of aryl methyl sites for hydroxylation is 2. The van der Waals surface area contributed by atoms with Crippen molar-refractivity contribution in [2.45, 2.75) is 64.0 Å². The fourth-order valence-electron chi connectivity index (χ4n) is 5.42. The number of ether oxygens (including phenoxy) is 1. The predicted molar refractivity (Wildman–Crippen MR) is 114 cm³/mol. The van der Waals surface area contributed by atoms with Gasteiger partial charge in [0.1, 0.15) is 11.7 Å². The van der Waals surface area contributed by atoms with Crippen LogP contribution in [0.4, 0.5) is 4.39 Å². The number of ketones is 1. The van der Waals surface area contributed by atoms with Gasteiger partial charge in [0, 0.05) is 7.11 Å². The van der Waals surface area contributed by atoms with Gasteiger partial charge in [-0.3, -0.25) is 9.59 Å². The van der Waals surface area contributed by atoms with Crippen molar-refractivity contribution < 1.29 is 18.7 Å². The van der Waals surface area contributed by atoms with Crippen molar-refractivity contribution in [3.8, 4) is 11.1 Å². The zero-order valence-corrected chi connectivity index (χ0v) is 18.0. The predicted octanol–water partition coefficient (Wildman–Crippen LogP) is 4.53. The minimum absolute atomic E-state index is 0.0258. The Kier molecular flexibility index (Phi) is 5.27. The molecule has 1 saturated heterocycles. The Bertz CT molecular complexity index is 1000. The van der Waals surface area contributed by atoms with E-state index >= 15 is 0 Å². The van der Waals surface area contributed by atoms with E-state index in [1.807, 2.05) is 26.8 Å². The molecule has 0 bridgehead atoms. The average Bonchev–Trinajstić information content (AvgIpc) is 2.94. The van der Waals surface area contributed by atoms with Crippen molar-refractivity contribution in [1.29, 1.82) is 0 Å². The van der Waals surface area contributed by atoms with Crippen LogP contribution < -0.4 is 5.32 Å². The number of carbonyl (C=O) groups excluding carboxylic acids is 2. The van der Waals surface area contributed by atoms with Gasteiger partial charge in [0.25, 0.3) is 0 Å². The molecule has 4 nitrogen and oxygen atoms in total. The number of amides is 1. The van der Waals surface area contributed by atoms with E-state index in [0.29, 0.717) is 12.8 Å². The van der Waals surface area contributed by atoms with Gasteiger partial charge in [0.2, 0.25) is 5.91 Å². The SMILES string of the molecule is COC1CCC2(CC1)NC(=O)C(c1c(C)cc(C)c(-c3ccc(F)cc3)c1C)C2=O. The van der Waals surface area contributed by atoms with E-state index in [0.717, 1.165) is 46.2 Å². The maximum Gasteiger partial charge on any atom is 0.235 e. The van der Waals surface area contributed by atoms with Gasteiger partial charge in [-0.25, -0.2) is 4.39 Å². The van der Waals surface area contributed by atoms with Crippen molar-refractivity contribution in [3.63, 3.8) is 0 Å². The monoisotopic (exact) mass is 409 g/mol. The van der Waals surface area contributed by atoms with Crippen LogP contribution >= 0.6 is 0 Å². The number of hydrogen-bond acceptors (Lipinski definition) is 3. The minimum atomic E-state index is -0.802. The second-order valence-electron chi connectivity index (χ2n) is 8.73. The summed E-state index contributed by atoms with van der Waals surface area (Å²) >= 11 is 0. The molecule has 0 radical (unpaired) electrons. The molecule has 158 valence electrons. The molecule has 2 fully saturated rings. The third-order valence-corrected chi connectivity index (χ3v) is 6.93. The molecule has 1 amide bonds. The van der Waals surface area contributed by atoms with Crippen LogP contribution in [0.1, 0.15) is 53.9 Å². The molecule has 1 aliphatic carbocycles. The maximum absolute atomic E-state index is 13.6. The summed E-state index contributed by atoms with van der Waals surface area (Å²) in [6, 6.07) is 8.38. The highest BCUT2D eigenvalue weighted by molar-refractivity contribution is 6.17. The van der Waals surface area contributed by atoms with E-state index < -0.39 is 11.5 Å². The van der Waals surface area contributed by atoms with Crippen LogP contribution in [0.5, 0.6) is 0 Å². The lowest BCUT2D eigenvalue weighted by molar-refractivity contribution is -0.126. The van der Waals surface area contributed by atoms with Crippen LogP contribution in [0, 0.1) is 26.6 Å². The molecule has 1 unspecified atom stereocenters. The maximum atomic E-state index is 13.6. The highest BCUT2D eigenvalue weighted by Crippen LogP contribution is 2.43. The van der Waals surface area contributed by atoms with E-state index in [4.69, 9.17) is 4.74 Å². The summed E-state index contributed by atoms with van der Waals surface area (Å²) in [5.41, 5.74) is 4.74. The van der Waals surface area contributed by atoms with Crippen molar-refractivity contribution in [2.24, 2.45) is 0 Å².